The number of benzene rings is 1. The molecule has 1 fully saturated rings. The molecule has 3 amide bonds. The van der Waals surface area contributed by atoms with Crippen molar-refractivity contribution in [3.05, 3.63) is 30.5 Å². The Morgan fingerprint density at radius 1 is 1.24 bits per heavy atom. The molecule has 0 aliphatic carbocycles. The molecule has 1 unspecified atom stereocenters. The van der Waals surface area contributed by atoms with Gasteiger partial charge < -0.3 is 20.5 Å². The number of hydrogen-bond donors (Lipinski definition) is 3. The van der Waals surface area contributed by atoms with Crippen LogP contribution >= 0.6 is 0 Å². The fourth-order valence-corrected chi connectivity index (χ4v) is 3.25. The number of likely N-dealkylation sites (tertiary alicyclic amines) is 1. The number of fused-ring (bicyclic) bond motifs is 1. The van der Waals surface area contributed by atoms with E-state index in [4.69, 9.17) is 0 Å². The molecule has 2 aromatic rings. The van der Waals surface area contributed by atoms with Crippen LogP contribution in [0.5, 0.6) is 0 Å². The largest absolute Gasteiger partial charge is 0.361 e. The minimum atomic E-state index is -0.549. The van der Waals surface area contributed by atoms with Crippen LogP contribution in [0.25, 0.3) is 10.9 Å². The van der Waals surface area contributed by atoms with Crippen LogP contribution in [0.3, 0.4) is 0 Å². The number of amides is 3. The molecule has 2 heterocycles. The van der Waals surface area contributed by atoms with Crippen molar-refractivity contribution in [2.75, 3.05) is 18.4 Å². The normalized spacial score (nSPS) is 16.6. The highest BCUT2D eigenvalue weighted by molar-refractivity contribution is 6.04. The molecule has 3 rings (SSSR count). The van der Waals surface area contributed by atoms with Crippen LogP contribution < -0.4 is 10.6 Å². The zero-order valence-corrected chi connectivity index (χ0v) is 14.8. The molecule has 0 radical (unpaired) electrons. The number of rotatable bonds is 5. The zero-order chi connectivity index (χ0) is 17.8. The quantitative estimate of drug-likeness (QED) is 0.779. The van der Waals surface area contributed by atoms with E-state index >= 15 is 0 Å². The number of aromatic amines is 1. The molecule has 134 valence electrons. The molecule has 1 aliphatic rings. The summed E-state index contributed by atoms with van der Waals surface area (Å²) >= 11 is 0. The van der Waals surface area contributed by atoms with Crippen LogP contribution in [0.1, 0.15) is 33.1 Å². The molecule has 0 spiro atoms. The van der Waals surface area contributed by atoms with Crippen molar-refractivity contribution < 1.29 is 9.59 Å². The van der Waals surface area contributed by atoms with E-state index < -0.39 is 6.04 Å². The highest BCUT2D eigenvalue weighted by Gasteiger charge is 2.29. The van der Waals surface area contributed by atoms with Gasteiger partial charge in [0.25, 0.3) is 0 Å². The first-order valence-corrected chi connectivity index (χ1v) is 9.02. The lowest BCUT2D eigenvalue weighted by molar-refractivity contribution is -0.119. The molecular weight excluding hydrogens is 316 g/mol. The number of nitrogens with zero attached hydrogens (tertiary/aromatic N) is 1. The van der Waals surface area contributed by atoms with Crippen LogP contribution in [-0.4, -0.2) is 41.0 Å². The van der Waals surface area contributed by atoms with Gasteiger partial charge in [-0.25, -0.2) is 4.79 Å². The molecular formula is C19H26N4O2. The van der Waals surface area contributed by atoms with Crippen molar-refractivity contribution in [1.29, 1.82) is 0 Å². The molecule has 2 atom stereocenters. The van der Waals surface area contributed by atoms with Crippen LogP contribution in [0.4, 0.5) is 10.5 Å². The third-order valence-corrected chi connectivity index (χ3v) is 5.02. The summed E-state index contributed by atoms with van der Waals surface area (Å²) in [5.74, 6) is -0.118. The molecule has 1 saturated heterocycles. The maximum absolute atomic E-state index is 12.9. The predicted molar refractivity (Wildman–Crippen MR) is 99.5 cm³/mol. The van der Waals surface area contributed by atoms with E-state index in [1.807, 2.05) is 44.3 Å². The SMILES string of the molecule is CCC(C)[C@@H](NC(=O)N1CCCC1)C(=O)Nc1cccc2[nH]ccc12. The first-order chi connectivity index (χ1) is 12.1. The van der Waals surface area contributed by atoms with Gasteiger partial charge in [-0.2, -0.15) is 0 Å². The van der Waals surface area contributed by atoms with Gasteiger partial charge in [-0.15, -0.1) is 0 Å². The molecule has 6 nitrogen and oxygen atoms in total. The predicted octanol–water partition coefficient (Wildman–Crippen LogP) is 3.33. The van der Waals surface area contributed by atoms with E-state index in [1.165, 1.54) is 0 Å². The summed E-state index contributed by atoms with van der Waals surface area (Å²) < 4.78 is 0. The smallest absolute Gasteiger partial charge is 0.318 e. The van der Waals surface area contributed by atoms with Crippen LogP contribution in [0, 0.1) is 5.92 Å². The summed E-state index contributed by atoms with van der Waals surface area (Å²) in [5.41, 5.74) is 1.73. The second kappa shape index (κ2) is 7.59. The van der Waals surface area contributed by atoms with E-state index in [2.05, 4.69) is 15.6 Å². The highest BCUT2D eigenvalue weighted by Crippen LogP contribution is 2.23. The fraction of sp³-hybridized carbons (Fsp3) is 0.474. The number of urea groups is 1. The number of H-pyrrole nitrogens is 1. The fourth-order valence-electron chi connectivity index (χ4n) is 3.25. The van der Waals surface area contributed by atoms with Gasteiger partial charge in [-0.05, 0) is 37.0 Å². The van der Waals surface area contributed by atoms with Crippen molar-refractivity contribution in [3.8, 4) is 0 Å². The summed E-state index contributed by atoms with van der Waals surface area (Å²) in [5, 5.41) is 6.89. The average molecular weight is 342 g/mol. The van der Waals surface area contributed by atoms with Crippen LogP contribution in [-0.2, 0) is 4.79 Å². The second-order valence-corrected chi connectivity index (χ2v) is 6.74. The lowest BCUT2D eigenvalue weighted by atomic mass is 9.98. The van der Waals surface area contributed by atoms with Crippen molar-refractivity contribution in [1.82, 2.24) is 15.2 Å². The molecule has 1 aliphatic heterocycles. The summed E-state index contributed by atoms with van der Waals surface area (Å²) in [7, 11) is 0. The molecule has 25 heavy (non-hydrogen) atoms. The Morgan fingerprint density at radius 2 is 2.00 bits per heavy atom. The third-order valence-electron chi connectivity index (χ3n) is 5.02. The highest BCUT2D eigenvalue weighted by atomic mass is 16.2. The molecule has 3 N–H and O–H groups in total. The molecule has 1 aromatic carbocycles. The van der Waals surface area contributed by atoms with Crippen molar-refractivity contribution >= 4 is 28.5 Å². The second-order valence-electron chi connectivity index (χ2n) is 6.74. The van der Waals surface area contributed by atoms with E-state index in [-0.39, 0.29) is 17.9 Å². The first-order valence-electron chi connectivity index (χ1n) is 9.02. The van der Waals surface area contributed by atoms with E-state index in [0.717, 1.165) is 48.9 Å². The van der Waals surface area contributed by atoms with Gasteiger partial charge in [-0.3, -0.25) is 4.79 Å². The third kappa shape index (κ3) is 3.78. The van der Waals surface area contributed by atoms with Gasteiger partial charge in [0.1, 0.15) is 6.04 Å². The number of nitrogens with one attached hydrogen (secondary N) is 3. The van der Waals surface area contributed by atoms with Crippen LogP contribution in [0.2, 0.25) is 0 Å². The van der Waals surface area contributed by atoms with E-state index in [1.54, 1.807) is 4.90 Å². The van der Waals surface area contributed by atoms with Crippen LogP contribution in [0.15, 0.2) is 30.5 Å². The molecule has 0 saturated carbocycles. The monoisotopic (exact) mass is 342 g/mol. The van der Waals surface area contributed by atoms with Gasteiger partial charge in [0, 0.05) is 30.2 Å². The summed E-state index contributed by atoms with van der Waals surface area (Å²) in [4.78, 5) is 30.2. The van der Waals surface area contributed by atoms with Crippen molar-refractivity contribution in [3.63, 3.8) is 0 Å². The molecule has 1 aromatic heterocycles. The Hall–Kier alpha value is -2.50. The van der Waals surface area contributed by atoms with Gasteiger partial charge >= 0.3 is 6.03 Å². The Kier molecular flexibility index (Phi) is 5.26. The number of hydrogen-bond acceptors (Lipinski definition) is 2. The molecule has 6 heteroatoms. The van der Waals surface area contributed by atoms with Gasteiger partial charge in [0.15, 0.2) is 0 Å². The van der Waals surface area contributed by atoms with Gasteiger partial charge in [0.05, 0.1) is 5.69 Å². The van der Waals surface area contributed by atoms with Crippen molar-refractivity contribution in [2.24, 2.45) is 5.92 Å². The summed E-state index contributed by atoms with van der Waals surface area (Å²) in [6.07, 6.45) is 4.72. The minimum absolute atomic E-state index is 0.0528. The minimum Gasteiger partial charge on any atom is -0.361 e. The summed E-state index contributed by atoms with van der Waals surface area (Å²) in [6, 6.07) is 6.99. The van der Waals surface area contributed by atoms with E-state index in [9.17, 15) is 9.59 Å². The average Bonchev–Trinajstić information content (AvgIpc) is 3.30. The first kappa shape index (κ1) is 17.3. The maximum atomic E-state index is 12.9. The summed E-state index contributed by atoms with van der Waals surface area (Å²) in [6.45, 7) is 5.55. The Labute approximate surface area is 148 Å². The Morgan fingerprint density at radius 3 is 2.72 bits per heavy atom. The lowest BCUT2D eigenvalue weighted by Crippen LogP contribution is -2.51. The number of carbonyl (C=O) groups is 2. The Balaban J connectivity index is 1.74. The zero-order valence-electron chi connectivity index (χ0n) is 14.8. The van der Waals surface area contributed by atoms with E-state index in [0.29, 0.717) is 0 Å². The number of anilines is 1. The Bertz CT molecular complexity index is 749. The maximum Gasteiger partial charge on any atom is 0.318 e. The number of carbonyl (C=O) groups excluding carboxylic acids is 2. The van der Waals surface area contributed by atoms with Crippen molar-refractivity contribution in [2.45, 2.75) is 39.2 Å². The topological polar surface area (TPSA) is 77.2 Å². The number of aromatic nitrogens is 1. The van der Waals surface area contributed by atoms with Gasteiger partial charge in [0.2, 0.25) is 5.91 Å². The standard InChI is InChI=1S/C19H26N4O2/c1-3-13(2)17(22-19(25)23-11-4-5-12-23)18(24)21-16-8-6-7-15-14(16)9-10-20-15/h6-10,13,17,20H,3-5,11-12H2,1-2H3,(H,21,24)(H,22,25)/t13?,17-/m1/s1. The molecule has 0 bridgehead atoms. The van der Waals surface area contributed by atoms with Gasteiger partial charge in [-0.1, -0.05) is 26.3 Å². The lowest BCUT2D eigenvalue weighted by Gasteiger charge is -2.26.